The lowest BCUT2D eigenvalue weighted by Gasteiger charge is -2.12. The van der Waals surface area contributed by atoms with Gasteiger partial charge in [-0.25, -0.2) is 26.3 Å². The molecule has 0 nitrogen and oxygen atoms in total. The number of allylic oxidation sites excluding steroid dienone is 1. The van der Waals surface area contributed by atoms with E-state index in [1.165, 1.54) is 24.3 Å². The van der Waals surface area contributed by atoms with Crippen molar-refractivity contribution in [1.29, 1.82) is 0 Å². The Morgan fingerprint density at radius 2 is 1.26 bits per heavy atom. The highest BCUT2D eigenvalue weighted by atomic mass is 19.4. The number of aryl methyl sites for hydroxylation is 2. The van der Waals surface area contributed by atoms with Crippen LogP contribution < -0.4 is 0 Å². The Balaban J connectivity index is 1.47. The maximum absolute atomic E-state index is 14.8. The molecule has 0 amide bonds. The number of hydrogen-bond donors (Lipinski definition) is 0. The van der Waals surface area contributed by atoms with E-state index in [1.54, 1.807) is 30.3 Å². The smallest absolute Gasteiger partial charge is 0.209 e. The molecule has 0 N–H and O–H groups in total. The molecule has 0 spiro atoms. The predicted molar refractivity (Wildman–Crippen MR) is 145 cm³/mol. The van der Waals surface area contributed by atoms with Crippen molar-refractivity contribution in [2.24, 2.45) is 0 Å². The molecule has 9 heteroatoms. The van der Waals surface area contributed by atoms with E-state index in [4.69, 9.17) is 0 Å². The summed E-state index contributed by atoms with van der Waals surface area (Å²) >= 11 is 0. The van der Waals surface area contributed by atoms with Gasteiger partial charge in [0, 0.05) is 17.5 Å². The molecule has 4 aromatic rings. The zero-order valence-corrected chi connectivity index (χ0v) is 22.4. The van der Waals surface area contributed by atoms with Crippen LogP contribution in [0.2, 0.25) is 0 Å². The molecular weight excluding hydrogens is 567 g/mol. The Kier molecular flexibility index (Phi) is 9.49. The van der Waals surface area contributed by atoms with Crippen molar-refractivity contribution >= 4 is 5.83 Å². The molecule has 0 fully saturated rings. The number of halogens is 9. The third-order valence-electron chi connectivity index (χ3n) is 6.86. The molecule has 0 bridgehead atoms. The van der Waals surface area contributed by atoms with Crippen LogP contribution in [0.3, 0.4) is 0 Å². The average molecular weight is 593 g/mol. The summed E-state index contributed by atoms with van der Waals surface area (Å²) < 4.78 is 124. The van der Waals surface area contributed by atoms with E-state index in [9.17, 15) is 39.5 Å². The number of hydrogen-bond acceptors (Lipinski definition) is 0. The first-order valence-electron chi connectivity index (χ1n) is 13.2. The van der Waals surface area contributed by atoms with Gasteiger partial charge in [0.25, 0.3) is 0 Å². The Bertz CT molecular complexity index is 1580. The molecule has 0 aliphatic rings. The lowest BCUT2D eigenvalue weighted by atomic mass is 9.97. The van der Waals surface area contributed by atoms with Gasteiger partial charge in [-0.15, -0.1) is 0 Å². The van der Waals surface area contributed by atoms with Crippen LogP contribution >= 0.6 is 0 Å². The Morgan fingerprint density at radius 1 is 0.643 bits per heavy atom. The maximum Gasteiger partial charge on any atom is 0.422 e. The highest BCUT2D eigenvalue weighted by Crippen LogP contribution is 2.35. The van der Waals surface area contributed by atoms with Crippen LogP contribution in [0.25, 0.3) is 28.1 Å². The fourth-order valence-corrected chi connectivity index (χ4v) is 4.58. The second-order valence-electron chi connectivity index (χ2n) is 9.83. The van der Waals surface area contributed by atoms with Crippen molar-refractivity contribution in [3.8, 4) is 22.3 Å². The summed E-state index contributed by atoms with van der Waals surface area (Å²) in [6.07, 6.45) is -4.17. The van der Waals surface area contributed by atoms with E-state index in [2.05, 4.69) is 0 Å². The normalized spacial score (nSPS) is 12.4. The summed E-state index contributed by atoms with van der Waals surface area (Å²) in [5.74, 6) is -6.82. The van der Waals surface area contributed by atoms with E-state index >= 15 is 0 Å². The fraction of sp³-hybridized carbons (Fsp3) is 0.212. The molecule has 0 unspecified atom stereocenters. The Labute approximate surface area is 237 Å². The van der Waals surface area contributed by atoms with E-state index in [-0.39, 0.29) is 41.5 Å². The maximum atomic E-state index is 14.8. The lowest BCUT2D eigenvalue weighted by Crippen LogP contribution is -2.12. The molecular formula is C33H25F9. The molecule has 0 aliphatic carbocycles. The van der Waals surface area contributed by atoms with Gasteiger partial charge in [-0.3, -0.25) is 0 Å². The molecule has 0 saturated heterocycles. The van der Waals surface area contributed by atoms with Crippen molar-refractivity contribution in [2.75, 3.05) is 0 Å². The summed E-state index contributed by atoms with van der Waals surface area (Å²) in [4.78, 5) is 0. The van der Waals surface area contributed by atoms with Crippen LogP contribution in [0.15, 0.2) is 78.6 Å². The molecule has 0 aliphatic heterocycles. The van der Waals surface area contributed by atoms with Gasteiger partial charge >= 0.3 is 6.18 Å². The molecule has 0 radical (unpaired) electrons. The minimum Gasteiger partial charge on any atom is -0.209 e. The lowest BCUT2D eigenvalue weighted by molar-refractivity contribution is -0.142. The van der Waals surface area contributed by atoms with Gasteiger partial charge in [0.2, 0.25) is 0 Å². The van der Waals surface area contributed by atoms with Crippen molar-refractivity contribution < 1.29 is 39.5 Å². The van der Waals surface area contributed by atoms with Crippen molar-refractivity contribution in [3.05, 3.63) is 124 Å². The summed E-state index contributed by atoms with van der Waals surface area (Å²) in [7, 11) is 0. The van der Waals surface area contributed by atoms with Crippen LogP contribution in [0, 0.1) is 23.3 Å². The summed E-state index contributed by atoms with van der Waals surface area (Å²) in [5, 5.41) is 0. The predicted octanol–water partition coefficient (Wildman–Crippen LogP) is 11.2. The summed E-state index contributed by atoms with van der Waals surface area (Å²) in [6, 6.07) is 15.6. The molecule has 220 valence electrons. The third-order valence-corrected chi connectivity index (χ3v) is 6.86. The quantitative estimate of drug-likeness (QED) is 0.170. The van der Waals surface area contributed by atoms with E-state index in [1.807, 2.05) is 6.92 Å². The van der Waals surface area contributed by atoms with Gasteiger partial charge < -0.3 is 0 Å². The zero-order valence-electron chi connectivity index (χ0n) is 22.4. The SMILES string of the molecule is CCCC/C(F)=C(\F)c1ccc(-c2ccc(-c3ccc(CCc4cc(F)c(C(F)(F)F)c(F)c4)c(F)c3)cc2)c(F)c1. The van der Waals surface area contributed by atoms with E-state index in [0.717, 1.165) is 6.07 Å². The molecule has 0 saturated carbocycles. The van der Waals surface area contributed by atoms with Crippen LogP contribution in [-0.2, 0) is 19.0 Å². The van der Waals surface area contributed by atoms with Crippen LogP contribution in [0.5, 0.6) is 0 Å². The minimum absolute atomic E-state index is 0.0111. The molecule has 0 atom stereocenters. The highest BCUT2D eigenvalue weighted by molar-refractivity contribution is 5.73. The zero-order chi connectivity index (χ0) is 30.6. The first-order valence-corrected chi connectivity index (χ1v) is 13.2. The number of benzene rings is 4. The molecule has 0 heterocycles. The fourth-order valence-electron chi connectivity index (χ4n) is 4.58. The largest absolute Gasteiger partial charge is 0.422 e. The second-order valence-corrected chi connectivity index (χ2v) is 9.83. The topological polar surface area (TPSA) is 0 Å². The first-order chi connectivity index (χ1) is 19.9. The van der Waals surface area contributed by atoms with Gasteiger partial charge in [-0.1, -0.05) is 61.9 Å². The van der Waals surface area contributed by atoms with Crippen LogP contribution in [0.1, 0.15) is 48.4 Å². The van der Waals surface area contributed by atoms with Gasteiger partial charge in [-0.05, 0) is 71.3 Å². The molecule has 42 heavy (non-hydrogen) atoms. The van der Waals surface area contributed by atoms with Gasteiger partial charge in [0.15, 0.2) is 5.83 Å². The van der Waals surface area contributed by atoms with Crippen LogP contribution in [0.4, 0.5) is 39.5 Å². The summed E-state index contributed by atoms with van der Waals surface area (Å²) in [6.45, 7) is 1.85. The standard InChI is InChI=1S/C33H25F9/c1-2-3-4-26(34)32(39)24-13-14-25(28(36)18-24)21-9-7-20(8-10-21)23-12-11-22(27(35)17-23)6-5-19-15-29(37)31(30(38)16-19)33(40,41)42/h7-18H,2-6H2,1H3/b32-26+. The van der Waals surface area contributed by atoms with Gasteiger partial charge in [0.05, 0.1) is 0 Å². The third kappa shape index (κ3) is 7.06. The van der Waals surface area contributed by atoms with E-state index < -0.39 is 46.7 Å². The van der Waals surface area contributed by atoms with Crippen LogP contribution in [-0.4, -0.2) is 0 Å². The second kappa shape index (κ2) is 12.9. The number of rotatable bonds is 9. The highest BCUT2D eigenvalue weighted by Gasteiger charge is 2.37. The monoisotopic (exact) mass is 592 g/mol. The van der Waals surface area contributed by atoms with E-state index in [0.29, 0.717) is 41.7 Å². The number of unbranched alkanes of at least 4 members (excludes halogenated alkanes) is 1. The van der Waals surface area contributed by atoms with Gasteiger partial charge in [-0.2, -0.15) is 13.2 Å². The molecule has 4 aromatic carbocycles. The minimum atomic E-state index is -5.17. The first kappa shape index (κ1) is 30.9. The number of alkyl halides is 3. The molecule has 4 rings (SSSR count). The Morgan fingerprint density at radius 3 is 1.83 bits per heavy atom. The molecule has 0 aromatic heterocycles. The van der Waals surface area contributed by atoms with Crippen molar-refractivity contribution in [3.63, 3.8) is 0 Å². The average Bonchev–Trinajstić information content (AvgIpc) is 2.93. The summed E-state index contributed by atoms with van der Waals surface area (Å²) in [5.41, 5.74) is -0.280. The Hall–Kier alpha value is -4.01. The van der Waals surface area contributed by atoms with Crippen molar-refractivity contribution in [2.45, 2.75) is 45.2 Å². The van der Waals surface area contributed by atoms with Crippen molar-refractivity contribution in [1.82, 2.24) is 0 Å². The van der Waals surface area contributed by atoms with Gasteiger partial charge in [0.1, 0.15) is 34.7 Å².